The number of carbonyl (C=O) groups is 2. The van der Waals surface area contributed by atoms with E-state index in [2.05, 4.69) is 68.5 Å². The van der Waals surface area contributed by atoms with Crippen LogP contribution in [0.5, 0.6) is 0 Å². The molecule has 8 aromatic rings. The third kappa shape index (κ3) is 8.68. The summed E-state index contributed by atoms with van der Waals surface area (Å²) in [4.78, 5) is 42.3. The van der Waals surface area contributed by atoms with Gasteiger partial charge in [0.15, 0.2) is 11.6 Å². The van der Waals surface area contributed by atoms with Gasteiger partial charge in [-0.05, 0) is 70.2 Å². The minimum Gasteiger partial charge on any atom is -0.744 e. The van der Waals surface area contributed by atoms with Crippen LogP contribution in [0.1, 0.15) is 61.5 Å². The molecule has 0 atom stereocenters. The first kappa shape index (κ1) is 41.0. The van der Waals surface area contributed by atoms with Gasteiger partial charge in [0, 0.05) is 73.5 Å². The summed E-state index contributed by atoms with van der Waals surface area (Å²) in [6.07, 6.45) is 0. The SMILES string of the molecule is CC#N.Cc1ccc2ccc3ccc(C)nc3c2n1.Cc1ccc2ccc3ccc(C)nc3c2n1.O=C1c2ccccc2C(=O)c2cc(S(=O)(=O)[O-])ccc21.[Cu+]. The first-order valence-corrected chi connectivity index (χ1v) is 18.6. The molecule has 1 aliphatic carbocycles. The summed E-state index contributed by atoms with van der Waals surface area (Å²) in [6, 6.07) is 36.2. The fraction of sp³-hybridized carbons (Fsp3) is 0.114. The Morgan fingerprint density at radius 2 is 0.786 bits per heavy atom. The number of hydrogen-bond acceptors (Lipinski definition) is 10. The Balaban J connectivity index is 0.000000155. The number of nitrogens with zero attached hydrogens (tertiary/aromatic N) is 5. The van der Waals surface area contributed by atoms with Crippen LogP contribution in [0, 0.1) is 39.0 Å². The second-order valence-corrected chi connectivity index (χ2v) is 14.2. The van der Waals surface area contributed by atoms with Gasteiger partial charge in [-0.15, -0.1) is 0 Å². The molecule has 0 N–H and O–H groups in total. The number of aromatic nitrogens is 4. The number of fused-ring (bicyclic) bond motifs is 8. The average molecular weight is 808 g/mol. The van der Waals surface area contributed by atoms with Crippen LogP contribution in [-0.2, 0) is 27.2 Å². The van der Waals surface area contributed by atoms with E-state index in [4.69, 9.17) is 5.26 Å². The van der Waals surface area contributed by atoms with E-state index in [0.717, 1.165) is 78.5 Å². The second-order valence-electron chi connectivity index (χ2n) is 12.8. The van der Waals surface area contributed by atoms with E-state index in [1.807, 2.05) is 52.0 Å². The maximum Gasteiger partial charge on any atom is 1.00 e. The van der Waals surface area contributed by atoms with Gasteiger partial charge in [0.2, 0.25) is 0 Å². The van der Waals surface area contributed by atoms with Crippen molar-refractivity contribution in [1.29, 1.82) is 5.26 Å². The smallest absolute Gasteiger partial charge is 0.744 e. The molecule has 56 heavy (non-hydrogen) atoms. The van der Waals surface area contributed by atoms with Gasteiger partial charge in [-0.2, -0.15) is 5.26 Å². The molecule has 0 unspecified atom stereocenters. The molecule has 0 amide bonds. The van der Waals surface area contributed by atoms with Gasteiger partial charge in [-0.1, -0.05) is 72.8 Å². The maximum atomic E-state index is 12.3. The zero-order chi connectivity index (χ0) is 39.4. The maximum absolute atomic E-state index is 12.3. The fourth-order valence-electron chi connectivity index (χ4n) is 6.16. The molecule has 9 rings (SSSR count). The fourth-order valence-corrected chi connectivity index (χ4v) is 6.66. The molecule has 4 heterocycles. The van der Waals surface area contributed by atoms with Gasteiger partial charge >= 0.3 is 17.1 Å². The Kier molecular flexibility index (Phi) is 12.5. The quantitative estimate of drug-likeness (QED) is 0.0889. The summed E-state index contributed by atoms with van der Waals surface area (Å²) >= 11 is 0. The average Bonchev–Trinajstić information content (AvgIpc) is 3.17. The van der Waals surface area contributed by atoms with Gasteiger partial charge < -0.3 is 4.55 Å². The molecule has 0 spiro atoms. The molecule has 1 aliphatic rings. The van der Waals surface area contributed by atoms with E-state index in [0.29, 0.717) is 0 Å². The Morgan fingerprint density at radius 3 is 1.11 bits per heavy atom. The Labute approximate surface area is 334 Å². The van der Waals surface area contributed by atoms with E-state index >= 15 is 0 Å². The second kappa shape index (κ2) is 17.1. The number of pyridine rings is 4. The van der Waals surface area contributed by atoms with Crippen LogP contribution in [0.4, 0.5) is 0 Å². The molecule has 0 bridgehead atoms. The van der Waals surface area contributed by atoms with Crippen molar-refractivity contribution < 1.29 is 39.6 Å². The molecule has 4 aromatic heterocycles. The van der Waals surface area contributed by atoms with Crippen LogP contribution >= 0.6 is 0 Å². The number of rotatable bonds is 1. The number of nitriles is 1. The van der Waals surface area contributed by atoms with Crippen LogP contribution in [0.25, 0.3) is 43.6 Å². The van der Waals surface area contributed by atoms with Crippen molar-refractivity contribution in [1.82, 2.24) is 19.9 Å². The number of ketones is 2. The third-order valence-corrected chi connectivity index (χ3v) is 9.61. The van der Waals surface area contributed by atoms with E-state index in [1.165, 1.54) is 25.1 Å². The van der Waals surface area contributed by atoms with E-state index in [9.17, 15) is 22.6 Å². The standard InChI is InChI=1S/2C14H12N2.C14H8O5S.C2H3N.Cu/c2*1-9-3-5-11-7-8-12-6-4-10(2)16-14(12)13(11)15-9;15-13-9-3-1-2-4-10(9)14(16)12-7-8(20(17,18)19)5-6-11(12)13;1-2-3;/h2*3-8H,1-2H3;1-7H,(H,17,18,19);1H3;/q;;;;+1/p-1. The monoisotopic (exact) mass is 807 g/mol. The Hall–Kier alpha value is -6.22. The Bertz CT molecular complexity index is 2740. The normalized spacial score (nSPS) is 11.4. The van der Waals surface area contributed by atoms with E-state index in [1.54, 1.807) is 18.2 Å². The Morgan fingerprint density at radius 1 is 0.500 bits per heavy atom. The molecule has 0 saturated carbocycles. The van der Waals surface area contributed by atoms with Crippen molar-refractivity contribution in [2.75, 3.05) is 0 Å². The van der Waals surface area contributed by atoms with Crippen molar-refractivity contribution in [3.8, 4) is 6.07 Å². The molecular formula is C44H34CuN5O5S. The van der Waals surface area contributed by atoms with E-state index < -0.39 is 20.8 Å². The third-order valence-electron chi connectivity index (χ3n) is 8.78. The molecular weight excluding hydrogens is 774 g/mol. The zero-order valence-corrected chi connectivity index (χ0v) is 32.7. The van der Waals surface area contributed by atoms with Gasteiger partial charge in [-0.25, -0.2) is 8.42 Å². The van der Waals surface area contributed by atoms with Crippen molar-refractivity contribution in [2.45, 2.75) is 39.5 Å². The zero-order valence-electron chi connectivity index (χ0n) is 31.0. The molecule has 12 heteroatoms. The molecule has 282 valence electrons. The minimum atomic E-state index is -4.67. The molecule has 10 nitrogen and oxygen atoms in total. The molecule has 4 aromatic carbocycles. The van der Waals surface area contributed by atoms with E-state index in [-0.39, 0.29) is 45.1 Å². The summed E-state index contributed by atoms with van der Waals surface area (Å²) in [7, 11) is -4.67. The summed E-state index contributed by atoms with van der Waals surface area (Å²) in [6.45, 7) is 9.46. The van der Waals surface area contributed by atoms with Crippen molar-refractivity contribution in [2.24, 2.45) is 0 Å². The van der Waals surface area contributed by atoms with Crippen LogP contribution in [0.2, 0.25) is 0 Å². The summed E-state index contributed by atoms with van der Waals surface area (Å²) in [5.74, 6) is -0.814. The molecule has 0 fully saturated rings. The van der Waals surface area contributed by atoms with Gasteiger partial charge in [0.25, 0.3) is 0 Å². The molecule has 0 aliphatic heterocycles. The number of benzene rings is 4. The summed E-state index contributed by atoms with van der Waals surface area (Å²) in [5.41, 5.74) is 8.68. The number of aryl methyl sites for hydroxylation is 4. The van der Waals surface area contributed by atoms with Gasteiger partial charge in [0.05, 0.1) is 33.0 Å². The predicted octanol–water partition coefficient (Wildman–Crippen LogP) is 8.69. The van der Waals surface area contributed by atoms with Crippen LogP contribution < -0.4 is 0 Å². The molecule has 0 radical (unpaired) electrons. The van der Waals surface area contributed by atoms with Crippen molar-refractivity contribution in [3.63, 3.8) is 0 Å². The van der Waals surface area contributed by atoms with Crippen LogP contribution in [-0.4, -0.2) is 44.5 Å². The number of hydrogen-bond donors (Lipinski definition) is 0. The van der Waals surface area contributed by atoms with Crippen molar-refractivity contribution in [3.05, 3.63) is 160 Å². The van der Waals surface area contributed by atoms with Crippen LogP contribution in [0.15, 0.2) is 120 Å². The topological polar surface area (TPSA) is 167 Å². The summed E-state index contributed by atoms with van der Waals surface area (Å²) in [5, 5.41) is 11.9. The molecule has 0 saturated heterocycles. The van der Waals surface area contributed by atoms with Gasteiger partial charge in [0.1, 0.15) is 10.1 Å². The largest absolute Gasteiger partial charge is 1.00 e. The van der Waals surface area contributed by atoms with Crippen LogP contribution in [0.3, 0.4) is 0 Å². The number of carbonyl (C=O) groups excluding carboxylic acids is 2. The predicted molar refractivity (Wildman–Crippen MR) is 212 cm³/mol. The first-order valence-electron chi connectivity index (χ1n) is 17.2. The van der Waals surface area contributed by atoms with Gasteiger partial charge in [-0.3, -0.25) is 29.5 Å². The van der Waals surface area contributed by atoms with Crippen molar-refractivity contribution >= 4 is 65.3 Å². The summed E-state index contributed by atoms with van der Waals surface area (Å²) < 4.78 is 33.0. The first-order chi connectivity index (χ1) is 26.3. The minimum absolute atomic E-state index is 0.